The molecule has 106 valence electrons. The van der Waals surface area contributed by atoms with E-state index in [1.807, 2.05) is 0 Å². The Morgan fingerprint density at radius 2 is 2.05 bits per heavy atom. The van der Waals surface area contributed by atoms with Crippen molar-refractivity contribution < 1.29 is 9.53 Å². The summed E-state index contributed by atoms with van der Waals surface area (Å²) in [5.41, 5.74) is 1.07. The Balaban J connectivity index is 2.68. The van der Waals surface area contributed by atoms with E-state index in [0.717, 1.165) is 19.4 Å². The van der Waals surface area contributed by atoms with Crippen LogP contribution in [0.5, 0.6) is 0 Å². The zero-order chi connectivity index (χ0) is 14.3. The molecule has 0 aliphatic rings. The predicted octanol–water partition coefficient (Wildman–Crippen LogP) is 2.81. The molecule has 5 nitrogen and oxygen atoms in total. The molecule has 0 unspecified atom stereocenters. The topological polar surface area (TPSA) is 64.1 Å². The number of rotatable bonds is 7. The Morgan fingerprint density at radius 3 is 2.58 bits per heavy atom. The van der Waals surface area contributed by atoms with Gasteiger partial charge >= 0.3 is 5.97 Å². The third-order valence-electron chi connectivity index (χ3n) is 3.18. The predicted molar refractivity (Wildman–Crippen MR) is 75.3 cm³/mol. The minimum Gasteiger partial charge on any atom is -0.462 e. The molecule has 0 saturated carbocycles. The first-order valence-electron chi connectivity index (χ1n) is 6.86. The van der Waals surface area contributed by atoms with Crippen LogP contribution in [0.15, 0.2) is 6.20 Å². The highest BCUT2D eigenvalue weighted by Gasteiger charge is 2.13. The van der Waals surface area contributed by atoms with E-state index in [2.05, 4.69) is 29.1 Å². The summed E-state index contributed by atoms with van der Waals surface area (Å²) in [6.45, 7) is 9.12. The molecular formula is C14H23N3O2. The van der Waals surface area contributed by atoms with Gasteiger partial charge in [0.25, 0.3) is 0 Å². The summed E-state index contributed by atoms with van der Waals surface area (Å²) >= 11 is 0. The molecule has 1 aromatic heterocycles. The number of esters is 1. The number of nitrogens with one attached hydrogen (secondary N) is 1. The van der Waals surface area contributed by atoms with Crippen LogP contribution in [0.4, 0.5) is 5.95 Å². The van der Waals surface area contributed by atoms with E-state index in [0.29, 0.717) is 29.7 Å². The molecule has 0 aliphatic carbocycles. The van der Waals surface area contributed by atoms with E-state index in [1.165, 1.54) is 6.20 Å². The molecule has 0 aromatic carbocycles. The number of ether oxygens (including phenoxy) is 1. The van der Waals surface area contributed by atoms with Gasteiger partial charge in [-0.05, 0) is 19.8 Å². The van der Waals surface area contributed by atoms with Crippen molar-refractivity contribution in [2.45, 2.75) is 40.5 Å². The molecule has 1 N–H and O–H groups in total. The smallest absolute Gasteiger partial charge is 0.341 e. The van der Waals surface area contributed by atoms with Gasteiger partial charge in [0.2, 0.25) is 5.95 Å². The molecular weight excluding hydrogens is 242 g/mol. The van der Waals surface area contributed by atoms with Crippen LogP contribution in [0.25, 0.3) is 0 Å². The normalized spacial score (nSPS) is 10.6. The average Bonchev–Trinajstić information content (AvgIpc) is 2.40. The Bertz CT molecular complexity index is 417. The van der Waals surface area contributed by atoms with E-state index in [4.69, 9.17) is 4.74 Å². The zero-order valence-electron chi connectivity index (χ0n) is 12.2. The van der Waals surface area contributed by atoms with E-state index >= 15 is 0 Å². The van der Waals surface area contributed by atoms with Crippen LogP contribution in [-0.2, 0) is 4.74 Å². The number of hydrogen-bond donors (Lipinski definition) is 1. The standard InChI is InChI=1S/C14H23N3O2/c1-5-11(6-2)8-15-14-16-9-12(10(4)17-14)13(18)19-7-3/h9,11H,5-8H2,1-4H3,(H,15,16,17). The van der Waals surface area contributed by atoms with Gasteiger partial charge in [-0.2, -0.15) is 0 Å². The van der Waals surface area contributed by atoms with Crippen LogP contribution in [0.3, 0.4) is 0 Å². The minimum atomic E-state index is -0.369. The summed E-state index contributed by atoms with van der Waals surface area (Å²) in [6, 6.07) is 0. The molecule has 0 saturated heterocycles. The van der Waals surface area contributed by atoms with Crippen molar-refractivity contribution in [2.75, 3.05) is 18.5 Å². The van der Waals surface area contributed by atoms with E-state index in [1.54, 1.807) is 13.8 Å². The van der Waals surface area contributed by atoms with Crippen molar-refractivity contribution in [3.05, 3.63) is 17.5 Å². The molecule has 0 atom stereocenters. The monoisotopic (exact) mass is 265 g/mol. The third kappa shape index (κ3) is 4.50. The van der Waals surface area contributed by atoms with Crippen LogP contribution in [0, 0.1) is 12.8 Å². The summed E-state index contributed by atoms with van der Waals surface area (Å²) in [6.07, 6.45) is 3.78. The third-order valence-corrected chi connectivity index (χ3v) is 3.18. The molecule has 0 amide bonds. The zero-order valence-corrected chi connectivity index (χ0v) is 12.2. The maximum Gasteiger partial charge on any atom is 0.341 e. The largest absolute Gasteiger partial charge is 0.462 e. The summed E-state index contributed by atoms with van der Waals surface area (Å²) < 4.78 is 4.94. The molecule has 5 heteroatoms. The Kier molecular flexibility index (Phi) is 6.25. The van der Waals surface area contributed by atoms with Crippen LogP contribution in [0.1, 0.15) is 49.7 Å². The minimum absolute atomic E-state index is 0.354. The second-order valence-electron chi connectivity index (χ2n) is 4.48. The van der Waals surface area contributed by atoms with E-state index < -0.39 is 0 Å². The SMILES string of the molecule is CCOC(=O)c1cnc(NCC(CC)CC)nc1C. The lowest BCUT2D eigenvalue weighted by Crippen LogP contribution is -2.16. The number of aromatic nitrogens is 2. The molecule has 0 fully saturated rings. The number of aryl methyl sites for hydroxylation is 1. The van der Waals surface area contributed by atoms with Crippen molar-refractivity contribution in [3.63, 3.8) is 0 Å². The summed E-state index contributed by atoms with van der Waals surface area (Å²) in [7, 11) is 0. The Labute approximate surface area is 114 Å². The van der Waals surface area contributed by atoms with Crippen molar-refractivity contribution >= 4 is 11.9 Å². The summed E-state index contributed by atoms with van der Waals surface area (Å²) in [5, 5.41) is 3.21. The lowest BCUT2D eigenvalue weighted by atomic mass is 10.0. The molecule has 1 heterocycles. The molecule has 0 spiro atoms. The fraction of sp³-hybridized carbons (Fsp3) is 0.643. The molecule has 0 bridgehead atoms. The molecule has 19 heavy (non-hydrogen) atoms. The highest BCUT2D eigenvalue weighted by atomic mass is 16.5. The molecule has 1 rings (SSSR count). The van der Waals surface area contributed by atoms with Gasteiger partial charge in [0.15, 0.2) is 0 Å². The lowest BCUT2D eigenvalue weighted by Gasteiger charge is -2.13. The van der Waals surface area contributed by atoms with Gasteiger partial charge < -0.3 is 10.1 Å². The fourth-order valence-corrected chi connectivity index (χ4v) is 1.77. The summed E-state index contributed by atoms with van der Waals surface area (Å²) in [5.74, 6) is 0.817. The highest BCUT2D eigenvalue weighted by molar-refractivity contribution is 5.90. The van der Waals surface area contributed by atoms with Crippen molar-refractivity contribution in [3.8, 4) is 0 Å². The Morgan fingerprint density at radius 1 is 1.37 bits per heavy atom. The van der Waals surface area contributed by atoms with Gasteiger partial charge in [-0.25, -0.2) is 14.8 Å². The van der Waals surface area contributed by atoms with E-state index in [-0.39, 0.29) is 5.97 Å². The average molecular weight is 265 g/mol. The maximum absolute atomic E-state index is 11.6. The first-order chi connectivity index (χ1) is 9.12. The van der Waals surface area contributed by atoms with Gasteiger partial charge in [-0.3, -0.25) is 0 Å². The maximum atomic E-state index is 11.6. The first-order valence-corrected chi connectivity index (χ1v) is 6.86. The highest BCUT2D eigenvalue weighted by Crippen LogP contribution is 2.11. The number of anilines is 1. The van der Waals surface area contributed by atoms with Crippen LogP contribution in [0.2, 0.25) is 0 Å². The number of carbonyl (C=O) groups is 1. The van der Waals surface area contributed by atoms with Crippen LogP contribution < -0.4 is 5.32 Å². The second kappa shape index (κ2) is 7.71. The lowest BCUT2D eigenvalue weighted by molar-refractivity contribution is 0.0524. The van der Waals surface area contributed by atoms with Crippen molar-refractivity contribution in [1.82, 2.24) is 9.97 Å². The quantitative estimate of drug-likeness (QED) is 0.768. The Hall–Kier alpha value is -1.65. The first kappa shape index (κ1) is 15.4. The number of nitrogens with zero attached hydrogens (tertiary/aromatic N) is 2. The fourth-order valence-electron chi connectivity index (χ4n) is 1.77. The van der Waals surface area contributed by atoms with Gasteiger partial charge in [-0.1, -0.05) is 26.7 Å². The van der Waals surface area contributed by atoms with Crippen molar-refractivity contribution in [2.24, 2.45) is 5.92 Å². The van der Waals surface area contributed by atoms with E-state index in [9.17, 15) is 4.79 Å². The second-order valence-corrected chi connectivity index (χ2v) is 4.48. The van der Waals surface area contributed by atoms with Gasteiger partial charge in [0.05, 0.1) is 17.9 Å². The van der Waals surface area contributed by atoms with Crippen LogP contribution in [-0.4, -0.2) is 29.1 Å². The molecule has 0 radical (unpaired) electrons. The van der Waals surface area contributed by atoms with Crippen LogP contribution >= 0.6 is 0 Å². The van der Waals surface area contributed by atoms with Crippen molar-refractivity contribution in [1.29, 1.82) is 0 Å². The molecule has 0 aliphatic heterocycles. The van der Waals surface area contributed by atoms with Gasteiger partial charge in [-0.15, -0.1) is 0 Å². The van der Waals surface area contributed by atoms with Gasteiger partial charge in [0, 0.05) is 12.7 Å². The number of carbonyl (C=O) groups excluding carboxylic acids is 1. The molecule has 1 aromatic rings. The number of hydrogen-bond acceptors (Lipinski definition) is 5. The van der Waals surface area contributed by atoms with Gasteiger partial charge in [0.1, 0.15) is 0 Å². The summed E-state index contributed by atoms with van der Waals surface area (Å²) in [4.78, 5) is 20.1.